The average Bonchev–Trinajstić information content (AvgIpc) is 2.86. The van der Waals surface area contributed by atoms with E-state index in [0.717, 1.165) is 18.1 Å². The van der Waals surface area contributed by atoms with Crippen LogP contribution in [0.15, 0.2) is 47.1 Å². The zero-order valence-electron chi connectivity index (χ0n) is 8.65. The maximum absolute atomic E-state index is 5.39. The molecule has 1 heterocycles. The van der Waals surface area contributed by atoms with Crippen LogP contribution >= 0.6 is 0 Å². The first-order valence-corrected chi connectivity index (χ1v) is 5.51. The fourth-order valence-corrected chi connectivity index (χ4v) is 2.51. The molecule has 1 aromatic heterocycles. The van der Waals surface area contributed by atoms with Gasteiger partial charge in [0.1, 0.15) is 5.76 Å². The van der Waals surface area contributed by atoms with Crippen molar-refractivity contribution in [1.82, 2.24) is 0 Å². The average molecular weight is 198 g/mol. The minimum Gasteiger partial charge on any atom is -0.469 e. The Morgan fingerprint density at radius 3 is 2.33 bits per heavy atom. The fraction of sp³-hybridized carbons (Fsp3) is 0.286. The molecular formula is C14H14O. The van der Waals surface area contributed by atoms with Gasteiger partial charge in [-0.25, -0.2) is 0 Å². The molecule has 1 nitrogen and oxygen atoms in total. The van der Waals surface area contributed by atoms with E-state index in [1.54, 1.807) is 6.26 Å². The fourth-order valence-electron chi connectivity index (χ4n) is 2.51. The molecule has 1 aromatic carbocycles. The molecule has 1 heteroatoms. The monoisotopic (exact) mass is 198 g/mol. The van der Waals surface area contributed by atoms with Crippen LogP contribution in [-0.2, 0) is 19.3 Å². The Hall–Kier alpha value is -1.50. The van der Waals surface area contributed by atoms with Crippen molar-refractivity contribution < 1.29 is 4.42 Å². The summed E-state index contributed by atoms with van der Waals surface area (Å²) in [5.41, 5.74) is 3.04. The predicted molar refractivity (Wildman–Crippen MR) is 59.8 cm³/mol. The number of hydrogen-bond acceptors (Lipinski definition) is 1. The molecule has 0 aliphatic heterocycles. The number of hydrogen-bond donors (Lipinski definition) is 0. The van der Waals surface area contributed by atoms with Crippen LogP contribution in [0.4, 0.5) is 0 Å². The van der Waals surface area contributed by atoms with Gasteiger partial charge in [0.2, 0.25) is 0 Å². The van der Waals surface area contributed by atoms with Crippen LogP contribution in [0, 0.1) is 5.92 Å². The molecule has 1 aliphatic rings. The molecule has 1 aliphatic carbocycles. The van der Waals surface area contributed by atoms with Gasteiger partial charge in [0.15, 0.2) is 0 Å². The van der Waals surface area contributed by atoms with Crippen molar-refractivity contribution in [2.45, 2.75) is 19.3 Å². The highest BCUT2D eigenvalue weighted by Gasteiger charge is 2.21. The number of fused-ring (bicyclic) bond motifs is 1. The van der Waals surface area contributed by atoms with Crippen molar-refractivity contribution in [3.05, 3.63) is 59.5 Å². The van der Waals surface area contributed by atoms with Crippen molar-refractivity contribution in [3.63, 3.8) is 0 Å². The van der Waals surface area contributed by atoms with Crippen molar-refractivity contribution in [2.24, 2.45) is 5.92 Å². The lowest BCUT2D eigenvalue weighted by molar-refractivity contribution is 0.449. The third kappa shape index (κ3) is 1.70. The van der Waals surface area contributed by atoms with Gasteiger partial charge in [-0.2, -0.15) is 0 Å². The molecule has 0 bridgehead atoms. The van der Waals surface area contributed by atoms with Gasteiger partial charge in [-0.15, -0.1) is 0 Å². The Kier molecular flexibility index (Phi) is 2.09. The molecule has 0 fully saturated rings. The van der Waals surface area contributed by atoms with Crippen molar-refractivity contribution in [2.75, 3.05) is 0 Å². The summed E-state index contributed by atoms with van der Waals surface area (Å²) in [6.45, 7) is 0. The van der Waals surface area contributed by atoms with Gasteiger partial charge in [-0.3, -0.25) is 0 Å². The van der Waals surface area contributed by atoms with E-state index in [4.69, 9.17) is 4.42 Å². The van der Waals surface area contributed by atoms with E-state index in [2.05, 4.69) is 30.3 Å². The van der Waals surface area contributed by atoms with E-state index in [-0.39, 0.29) is 0 Å². The highest BCUT2D eigenvalue weighted by molar-refractivity contribution is 5.32. The molecule has 0 spiro atoms. The molecule has 15 heavy (non-hydrogen) atoms. The van der Waals surface area contributed by atoms with Crippen molar-refractivity contribution >= 4 is 0 Å². The summed E-state index contributed by atoms with van der Waals surface area (Å²) < 4.78 is 5.39. The topological polar surface area (TPSA) is 13.1 Å². The predicted octanol–water partition coefficient (Wildman–Crippen LogP) is 3.24. The molecule has 0 radical (unpaired) electrons. The first-order chi connectivity index (χ1) is 7.42. The lowest BCUT2D eigenvalue weighted by Crippen LogP contribution is -2.02. The van der Waals surface area contributed by atoms with Gasteiger partial charge in [0.05, 0.1) is 6.26 Å². The summed E-state index contributed by atoms with van der Waals surface area (Å²) in [5, 5.41) is 0. The molecule has 0 amide bonds. The number of furan rings is 1. The summed E-state index contributed by atoms with van der Waals surface area (Å²) in [6, 6.07) is 12.8. The van der Waals surface area contributed by atoms with Crippen LogP contribution in [-0.4, -0.2) is 0 Å². The normalized spacial score (nSPS) is 15.5. The Morgan fingerprint density at radius 2 is 1.73 bits per heavy atom. The first kappa shape index (κ1) is 8.78. The van der Waals surface area contributed by atoms with Crippen LogP contribution < -0.4 is 0 Å². The highest BCUT2D eigenvalue weighted by atomic mass is 16.3. The molecule has 0 atom stereocenters. The molecule has 2 aromatic rings. The molecule has 0 N–H and O–H groups in total. The van der Waals surface area contributed by atoms with E-state index < -0.39 is 0 Å². The minimum absolute atomic E-state index is 0.730. The Labute approximate surface area is 89.7 Å². The number of benzene rings is 1. The molecule has 3 rings (SSSR count). The Bertz CT molecular complexity index is 414. The van der Waals surface area contributed by atoms with Gasteiger partial charge in [-0.05, 0) is 42.0 Å². The third-order valence-corrected chi connectivity index (χ3v) is 3.21. The quantitative estimate of drug-likeness (QED) is 0.722. The largest absolute Gasteiger partial charge is 0.469 e. The van der Waals surface area contributed by atoms with Gasteiger partial charge in [0, 0.05) is 6.42 Å². The minimum atomic E-state index is 0.730. The van der Waals surface area contributed by atoms with Gasteiger partial charge < -0.3 is 4.42 Å². The van der Waals surface area contributed by atoms with Gasteiger partial charge >= 0.3 is 0 Å². The van der Waals surface area contributed by atoms with Crippen LogP contribution in [0.2, 0.25) is 0 Å². The third-order valence-electron chi connectivity index (χ3n) is 3.21. The Balaban J connectivity index is 1.74. The maximum Gasteiger partial charge on any atom is 0.104 e. The zero-order valence-corrected chi connectivity index (χ0v) is 8.65. The molecule has 0 saturated heterocycles. The highest BCUT2D eigenvalue weighted by Crippen LogP contribution is 2.28. The standard InChI is InChI=1S/C14H14O/c1-2-5-13-9-11(8-12(13)4-1)10-14-6-3-7-15-14/h1-7,11H,8-10H2. The Morgan fingerprint density at radius 1 is 1.00 bits per heavy atom. The van der Waals surface area contributed by atoms with E-state index in [9.17, 15) is 0 Å². The summed E-state index contributed by atoms with van der Waals surface area (Å²) in [7, 11) is 0. The second-order valence-electron chi connectivity index (χ2n) is 4.33. The lowest BCUT2D eigenvalue weighted by atomic mass is 10.0. The van der Waals surface area contributed by atoms with Crippen LogP contribution in [0.25, 0.3) is 0 Å². The second-order valence-corrected chi connectivity index (χ2v) is 4.33. The molecule has 0 unspecified atom stereocenters. The van der Waals surface area contributed by atoms with Crippen molar-refractivity contribution in [1.29, 1.82) is 0 Å². The molecular weight excluding hydrogens is 184 g/mol. The molecule has 0 saturated carbocycles. The van der Waals surface area contributed by atoms with Gasteiger partial charge in [-0.1, -0.05) is 24.3 Å². The van der Waals surface area contributed by atoms with Crippen LogP contribution in [0.1, 0.15) is 16.9 Å². The SMILES string of the molecule is c1coc(CC2Cc3ccccc3C2)c1. The molecule has 76 valence electrons. The maximum atomic E-state index is 5.39. The summed E-state index contributed by atoms with van der Waals surface area (Å²) >= 11 is 0. The summed E-state index contributed by atoms with van der Waals surface area (Å²) in [4.78, 5) is 0. The van der Waals surface area contributed by atoms with E-state index in [0.29, 0.717) is 0 Å². The van der Waals surface area contributed by atoms with Gasteiger partial charge in [0.25, 0.3) is 0 Å². The number of rotatable bonds is 2. The summed E-state index contributed by atoms with van der Waals surface area (Å²) in [5.74, 6) is 1.85. The second kappa shape index (κ2) is 3.58. The first-order valence-electron chi connectivity index (χ1n) is 5.51. The van der Waals surface area contributed by atoms with Crippen LogP contribution in [0.3, 0.4) is 0 Å². The van der Waals surface area contributed by atoms with E-state index in [1.807, 2.05) is 6.07 Å². The van der Waals surface area contributed by atoms with Crippen molar-refractivity contribution in [3.8, 4) is 0 Å². The smallest absolute Gasteiger partial charge is 0.104 e. The zero-order chi connectivity index (χ0) is 10.1. The lowest BCUT2D eigenvalue weighted by Gasteiger charge is -2.05. The van der Waals surface area contributed by atoms with E-state index >= 15 is 0 Å². The van der Waals surface area contributed by atoms with E-state index in [1.165, 1.54) is 24.0 Å². The van der Waals surface area contributed by atoms with Crippen LogP contribution in [0.5, 0.6) is 0 Å². The summed E-state index contributed by atoms with van der Waals surface area (Å²) in [6.07, 6.45) is 5.24.